The number of fused-ring (bicyclic) bond motifs is 2. The molecule has 0 saturated carbocycles. The second kappa shape index (κ2) is 3.37. The van der Waals surface area contributed by atoms with E-state index in [-0.39, 0.29) is 6.04 Å². The fourth-order valence-electron chi connectivity index (χ4n) is 2.68. The van der Waals surface area contributed by atoms with E-state index in [9.17, 15) is 4.79 Å². The van der Waals surface area contributed by atoms with E-state index < -0.39 is 5.97 Å². The highest BCUT2D eigenvalue weighted by Gasteiger charge is 2.33. The van der Waals surface area contributed by atoms with Gasteiger partial charge in [-0.15, -0.1) is 0 Å². The van der Waals surface area contributed by atoms with Crippen LogP contribution in [-0.2, 0) is 4.79 Å². The van der Waals surface area contributed by atoms with Crippen molar-refractivity contribution in [3.05, 3.63) is 34.7 Å². The Labute approximate surface area is 93.3 Å². The first kappa shape index (κ1) is 9.46. The van der Waals surface area contributed by atoms with Gasteiger partial charge in [0.15, 0.2) is 0 Å². The van der Waals surface area contributed by atoms with E-state index in [2.05, 4.69) is 18.2 Å². The quantitative estimate of drug-likeness (QED) is 0.724. The van der Waals surface area contributed by atoms with Gasteiger partial charge >= 0.3 is 5.97 Å². The lowest BCUT2D eigenvalue weighted by molar-refractivity contribution is -0.141. The summed E-state index contributed by atoms with van der Waals surface area (Å²) in [6.45, 7) is 0.726. The maximum atomic E-state index is 11.1. The molecule has 2 aliphatic heterocycles. The van der Waals surface area contributed by atoms with Crippen LogP contribution < -0.4 is 10.4 Å². The van der Waals surface area contributed by atoms with Crippen LogP contribution in [0.2, 0.25) is 0 Å². The van der Waals surface area contributed by atoms with Crippen molar-refractivity contribution < 1.29 is 9.90 Å². The van der Waals surface area contributed by atoms with Crippen molar-refractivity contribution in [3.63, 3.8) is 0 Å². The zero-order valence-electron chi connectivity index (χ0n) is 8.89. The van der Waals surface area contributed by atoms with E-state index in [1.807, 2.05) is 17.0 Å². The van der Waals surface area contributed by atoms with Crippen LogP contribution in [0.1, 0.15) is 12.8 Å². The normalized spacial score (nSPS) is 22.4. The molecule has 0 aromatic heterocycles. The minimum Gasteiger partial charge on any atom is -0.480 e. The van der Waals surface area contributed by atoms with E-state index in [1.165, 1.54) is 16.1 Å². The SMILES string of the molecule is O=C(O)C1CCC2=c3ccccc3=CCN21. The topological polar surface area (TPSA) is 40.5 Å². The Morgan fingerprint density at radius 3 is 3.00 bits per heavy atom. The number of carboxylic acid groups (broad SMARTS) is 1. The average molecular weight is 215 g/mol. The first-order valence-corrected chi connectivity index (χ1v) is 5.55. The number of nitrogens with zero attached hydrogens (tertiary/aromatic N) is 1. The standard InChI is InChI=1S/C13H13NO2/c15-13(16)12-6-5-11-10-4-2-1-3-9(10)7-8-14(11)12/h1-4,7,12H,5-6,8H2,(H,15,16). The van der Waals surface area contributed by atoms with Crippen molar-refractivity contribution in [2.75, 3.05) is 6.54 Å². The fraction of sp³-hybridized carbons (Fsp3) is 0.308. The highest BCUT2D eigenvalue weighted by Crippen LogP contribution is 2.28. The van der Waals surface area contributed by atoms with Crippen molar-refractivity contribution in [2.45, 2.75) is 18.9 Å². The van der Waals surface area contributed by atoms with Gasteiger partial charge in [0.25, 0.3) is 0 Å². The zero-order valence-corrected chi connectivity index (χ0v) is 8.89. The molecule has 82 valence electrons. The van der Waals surface area contributed by atoms with Crippen molar-refractivity contribution in [1.82, 2.24) is 4.90 Å². The molecule has 1 aromatic carbocycles. The summed E-state index contributed by atoms with van der Waals surface area (Å²) >= 11 is 0. The van der Waals surface area contributed by atoms with Crippen LogP contribution in [0.15, 0.2) is 24.3 Å². The Morgan fingerprint density at radius 1 is 1.38 bits per heavy atom. The molecule has 0 spiro atoms. The molecule has 3 nitrogen and oxygen atoms in total. The van der Waals surface area contributed by atoms with E-state index in [0.29, 0.717) is 0 Å². The summed E-state index contributed by atoms with van der Waals surface area (Å²) in [5.41, 5.74) is 1.20. The summed E-state index contributed by atoms with van der Waals surface area (Å²) in [5.74, 6) is -0.706. The number of carbonyl (C=O) groups is 1. The third-order valence-electron chi connectivity index (χ3n) is 3.44. The molecule has 1 aromatic rings. The molecule has 1 unspecified atom stereocenters. The largest absolute Gasteiger partial charge is 0.480 e. The number of hydrogen-bond donors (Lipinski definition) is 1. The summed E-state index contributed by atoms with van der Waals surface area (Å²) in [6, 6.07) is 7.87. The summed E-state index contributed by atoms with van der Waals surface area (Å²) in [5, 5.41) is 11.6. The van der Waals surface area contributed by atoms with E-state index in [1.54, 1.807) is 0 Å². The van der Waals surface area contributed by atoms with Crippen molar-refractivity contribution in [3.8, 4) is 0 Å². The molecule has 3 heteroatoms. The van der Waals surface area contributed by atoms with Gasteiger partial charge in [0.05, 0.1) is 0 Å². The van der Waals surface area contributed by atoms with E-state index in [4.69, 9.17) is 5.11 Å². The lowest BCUT2D eigenvalue weighted by atomic mass is 10.1. The monoisotopic (exact) mass is 215 g/mol. The van der Waals surface area contributed by atoms with E-state index in [0.717, 1.165) is 19.4 Å². The lowest BCUT2D eigenvalue weighted by Gasteiger charge is -2.26. The predicted octanol–water partition coefficient (Wildman–Crippen LogP) is 0.138. The zero-order chi connectivity index (χ0) is 11.1. The minimum atomic E-state index is -0.706. The Kier molecular flexibility index (Phi) is 1.99. The number of rotatable bonds is 1. The Morgan fingerprint density at radius 2 is 2.19 bits per heavy atom. The first-order chi connectivity index (χ1) is 7.77. The number of hydrogen-bond acceptors (Lipinski definition) is 2. The highest BCUT2D eigenvalue weighted by atomic mass is 16.4. The molecule has 1 atom stereocenters. The Bertz CT molecular complexity index is 562. The molecule has 1 fully saturated rings. The fourth-order valence-corrected chi connectivity index (χ4v) is 2.68. The summed E-state index contributed by atoms with van der Waals surface area (Å²) in [4.78, 5) is 13.1. The van der Waals surface area contributed by atoms with Gasteiger partial charge in [-0.05, 0) is 18.1 Å². The van der Waals surface area contributed by atoms with Crippen LogP contribution in [0, 0.1) is 0 Å². The third-order valence-corrected chi connectivity index (χ3v) is 3.44. The average Bonchev–Trinajstić information content (AvgIpc) is 2.73. The highest BCUT2D eigenvalue weighted by molar-refractivity contribution is 5.77. The van der Waals surface area contributed by atoms with Crippen molar-refractivity contribution in [2.24, 2.45) is 0 Å². The van der Waals surface area contributed by atoms with Gasteiger partial charge in [-0.1, -0.05) is 30.3 Å². The van der Waals surface area contributed by atoms with Crippen LogP contribution in [0.4, 0.5) is 0 Å². The minimum absolute atomic E-state index is 0.334. The molecule has 0 bridgehead atoms. The lowest BCUT2D eigenvalue weighted by Crippen LogP contribution is -2.42. The van der Waals surface area contributed by atoms with E-state index >= 15 is 0 Å². The Hall–Kier alpha value is -1.77. The summed E-state index contributed by atoms with van der Waals surface area (Å²) < 4.78 is 0. The third kappa shape index (κ3) is 1.24. The van der Waals surface area contributed by atoms with Gasteiger partial charge in [0, 0.05) is 17.5 Å². The molecule has 0 radical (unpaired) electrons. The van der Waals surface area contributed by atoms with Crippen LogP contribution in [0.25, 0.3) is 11.8 Å². The van der Waals surface area contributed by atoms with Gasteiger partial charge in [0.1, 0.15) is 6.04 Å². The predicted molar refractivity (Wildman–Crippen MR) is 60.9 cm³/mol. The number of carboxylic acids is 1. The maximum Gasteiger partial charge on any atom is 0.326 e. The van der Waals surface area contributed by atoms with Crippen molar-refractivity contribution >= 4 is 17.7 Å². The van der Waals surface area contributed by atoms with Crippen LogP contribution in [-0.4, -0.2) is 28.6 Å². The molecule has 0 amide bonds. The molecule has 2 heterocycles. The molecule has 1 saturated heterocycles. The second-order valence-corrected chi connectivity index (χ2v) is 4.28. The molecule has 16 heavy (non-hydrogen) atoms. The van der Waals surface area contributed by atoms with Gasteiger partial charge < -0.3 is 10.0 Å². The molecule has 3 rings (SSSR count). The molecule has 1 N–H and O–H groups in total. The van der Waals surface area contributed by atoms with Crippen LogP contribution in [0.5, 0.6) is 0 Å². The number of benzene rings is 1. The summed E-state index contributed by atoms with van der Waals surface area (Å²) in [6.07, 6.45) is 3.72. The second-order valence-electron chi connectivity index (χ2n) is 4.28. The van der Waals surface area contributed by atoms with Gasteiger partial charge in [-0.3, -0.25) is 0 Å². The number of aliphatic carboxylic acids is 1. The van der Waals surface area contributed by atoms with Crippen LogP contribution in [0.3, 0.4) is 0 Å². The Balaban J connectivity index is 2.18. The van der Waals surface area contributed by atoms with Crippen LogP contribution >= 0.6 is 0 Å². The molecular weight excluding hydrogens is 202 g/mol. The van der Waals surface area contributed by atoms with Gasteiger partial charge in [-0.2, -0.15) is 0 Å². The van der Waals surface area contributed by atoms with Gasteiger partial charge in [-0.25, -0.2) is 4.79 Å². The molecule has 0 aliphatic carbocycles. The van der Waals surface area contributed by atoms with Gasteiger partial charge in [0.2, 0.25) is 0 Å². The van der Waals surface area contributed by atoms with Crippen molar-refractivity contribution in [1.29, 1.82) is 0 Å². The smallest absolute Gasteiger partial charge is 0.326 e. The summed E-state index contributed by atoms with van der Waals surface area (Å²) in [7, 11) is 0. The molecular formula is C13H13NO2. The first-order valence-electron chi connectivity index (χ1n) is 5.55. The molecule has 2 aliphatic rings. The maximum absolute atomic E-state index is 11.1.